The van der Waals surface area contributed by atoms with Crippen LogP contribution in [0.4, 0.5) is 17.5 Å². The van der Waals surface area contributed by atoms with Gasteiger partial charge in [0.05, 0.1) is 6.33 Å². The maximum atomic E-state index is 4.76. The third-order valence-electron chi connectivity index (χ3n) is 5.19. The number of imidazole rings is 1. The number of hydrogen-bond acceptors (Lipinski definition) is 6. The number of nitrogens with zero attached hydrogens (tertiary/aromatic N) is 3. The molecule has 0 aliphatic heterocycles. The van der Waals surface area contributed by atoms with Crippen molar-refractivity contribution in [3.05, 3.63) is 36.0 Å². The Balaban J connectivity index is 1.46. The smallest absolute Gasteiger partial charge is 0.227 e. The molecule has 0 bridgehead atoms. The summed E-state index contributed by atoms with van der Waals surface area (Å²) in [5, 5.41) is 10.4. The molecule has 0 spiro atoms. The lowest BCUT2D eigenvalue weighted by Gasteiger charge is -2.17. The van der Waals surface area contributed by atoms with Crippen molar-refractivity contribution in [2.24, 2.45) is 0 Å². The van der Waals surface area contributed by atoms with Crippen LogP contribution < -0.4 is 10.6 Å². The molecule has 138 valence electrons. The minimum Gasteiger partial charge on any atom is -0.351 e. The van der Waals surface area contributed by atoms with E-state index in [-0.39, 0.29) is 0 Å². The summed E-state index contributed by atoms with van der Waals surface area (Å²) in [7, 11) is 0. The first kappa shape index (κ1) is 16.5. The van der Waals surface area contributed by atoms with Crippen molar-refractivity contribution >= 4 is 50.0 Å². The van der Waals surface area contributed by atoms with Crippen molar-refractivity contribution in [2.45, 2.75) is 44.6 Å². The number of H-pyrrole nitrogens is 1. The highest BCUT2D eigenvalue weighted by atomic mass is 32.1. The molecular weight excluding hydrogens is 356 g/mol. The molecule has 0 amide bonds. The van der Waals surface area contributed by atoms with Crippen molar-refractivity contribution < 1.29 is 0 Å². The molecule has 0 radical (unpaired) electrons. The first-order chi connectivity index (χ1) is 13.3. The number of aromatic nitrogens is 4. The fourth-order valence-corrected chi connectivity index (χ4v) is 4.59. The SMILES string of the molecule is c1nc2nc(NC3CCCCCC3)nc(Nc3ccc4ccsc4c3)c2[nH]1. The van der Waals surface area contributed by atoms with Crippen molar-refractivity contribution in [2.75, 3.05) is 10.6 Å². The molecule has 1 fully saturated rings. The van der Waals surface area contributed by atoms with Crippen LogP contribution in [0.15, 0.2) is 36.0 Å². The Bertz CT molecular complexity index is 1060. The van der Waals surface area contributed by atoms with Gasteiger partial charge in [-0.25, -0.2) is 4.98 Å². The number of rotatable bonds is 4. The zero-order chi connectivity index (χ0) is 18.1. The topological polar surface area (TPSA) is 78.5 Å². The molecule has 0 atom stereocenters. The zero-order valence-electron chi connectivity index (χ0n) is 15.0. The molecule has 0 unspecified atom stereocenters. The summed E-state index contributed by atoms with van der Waals surface area (Å²) in [6.45, 7) is 0. The predicted octanol–water partition coefficient (Wildman–Crippen LogP) is 5.45. The second-order valence-electron chi connectivity index (χ2n) is 7.13. The highest BCUT2D eigenvalue weighted by molar-refractivity contribution is 7.17. The van der Waals surface area contributed by atoms with E-state index in [2.05, 4.69) is 55.2 Å². The number of aromatic amines is 1. The van der Waals surface area contributed by atoms with Gasteiger partial charge in [0.2, 0.25) is 5.95 Å². The van der Waals surface area contributed by atoms with Crippen LogP contribution >= 0.6 is 11.3 Å². The van der Waals surface area contributed by atoms with Gasteiger partial charge in [-0.2, -0.15) is 9.97 Å². The van der Waals surface area contributed by atoms with Crippen molar-refractivity contribution in [1.29, 1.82) is 0 Å². The first-order valence-electron chi connectivity index (χ1n) is 9.57. The van der Waals surface area contributed by atoms with Gasteiger partial charge in [0.25, 0.3) is 0 Å². The number of thiophene rings is 1. The van der Waals surface area contributed by atoms with Gasteiger partial charge in [-0.05, 0) is 41.8 Å². The summed E-state index contributed by atoms with van der Waals surface area (Å²) < 4.78 is 1.26. The molecule has 5 rings (SSSR count). The Morgan fingerprint density at radius 1 is 1.04 bits per heavy atom. The summed E-state index contributed by atoms with van der Waals surface area (Å²) in [6, 6.07) is 8.94. The third-order valence-corrected chi connectivity index (χ3v) is 6.07. The summed E-state index contributed by atoms with van der Waals surface area (Å²) in [5.74, 6) is 1.41. The fourth-order valence-electron chi connectivity index (χ4n) is 3.76. The van der Waals surface area contributed by atoms with Crippen LogP contribution in [0.5, 0.6) is 0 Å². The van der Waals surface area contributed by atoms with Gasteiger partial charge in [0, 0.05) is 16.4 Å². The monoisotopic (exact) mass is 378 g/mol. The second-order valence-corrected chi connectivity index (χ2v) is 8.08. The van der Waals surface area contributed by atoms with Crippen molar-refractivity contribution in [3.63, 3.8) is 0 Å². The summed E-state index contributed by atoms with van der Waals surface area (Å²) >= 11 is 1.74. The van der Waals surface area contributed by atoms with E-state index >= 15 is 0 Å². The maximum Gasteiger partial charge on any atom is 0.227 e. The van der Waals surface area contributed by atoms with Gasteiger partial charge in [-0.15, -0.1) is 11.3 Å². The first-order valence-corrected chi connectivity index (χ1v) is 10.4. The predicted molar refractivity (Wildman–Crippen MR) is 112 cm³/mol. The van der Waals surface area contributed by atoms with E-state index in [1.165, 1.54) is 48.6 Å². The minimum atomic E-state index is 0.444. The number of benzene rings is 1. The lowest BCUT2D eigenvalue weighted by Crippen LogP contribution is -2.20. The molecule has 3 N–H and O–H groups in total. The van der Waals surface area contributed by atoms with Gasteiger partial charge in [-0.1, -0.05) is 31.7 Å². The molecule has 1 aliphatic carbocycles. The van der Waals surface area contributed by atoms with Crippen molar-refractivity contribution in [1.82, 2.24) is 19.9 Å². The van der Waals surface area contributed by atoms with E-state index in [9.17, 15) is 0 Å². The lowest BCUT2D eigenvalue weighted by atomic mass is 10.1. The van der Waals surface area contributed by atoms with E-state index in [0.29, 0.717) is 17.6 Å². The largest absolute Gasteiger partial charge is 0.351 e. The normalized spacial score (nSPS) is 15.9. The van der Waals surface area contributed by atoms with Gasteiger partial charge in [-0.3, -0.25) is 0 Å². The van der Waals surface area contributed by atoms with Crippen LogP contribution in [0.1, 0.15) is 38.5 Å². The average Bonchev–Trinajstić information content (AvgIpc) is 3.26. The summed E-state index contributed by atoms with van der Waals surface area (Å²) in [6.07, 6.45) is 9.23. The standard InChI is InChI=1S/C20H22N6S/c1-2-4-6-14(5-3-1)24-20-25-18-17(21-12-22-18)19(26-20)23-15-8-7-13-9-10-27-16(13)11-15/h7-12,14H,1-6H2,(H3,21,22,23,24,25,26). The summed E-state index contributed by atoms with van der Waals surface area (Å²) in [4.78, 5) is 16.9. The Labute approximate surface area is 161 Å². The fraction of sp³-hybridized carbons (Fsp3) is 0.350. The Kier molecular flexibility index (Phi) is 4.37. The molecule has 6 nitrogen and oxygen atoms in total. The van der Waals surface area contributed by atoms with Crippen LogP contribution in [0.3, 0.4) is 0 Å². The van der Waals surface area contributed by atoms with Gasteiger partial charge in [0.1, 0.15) is 5.52 Å². The number of anilines is 3. The molecule has 0 saturated heterocycles. The molecule has 7 heteroatoms. The van der Waals surface area contributed by atoms with Gasteiger partial charge < -0.3 is 15.6 Å². The third kappa shape index (κ3) is 3.47. The maximum absolute atomic E-state index is 4.76. The second kappa shape index (κ2) is 7.15. The Hall–Kier alpha value is -2.67. The lowest BCUT2D eigenvalue weighted by molar-refractivity contribution is 0.615. The molecule has 1 aliphatic rings. The van der Waals surface area contributed by atoms with Crippen molar-refractivity contribution in [3.8, 4) is 0 Å². The van der Waals surface area contributed by atoms with Crippen LogP contribution in [-0.4, -0.2) is 26.0 Å². The molecule has 3 heterocycles. The molecule has 27 heavy (non-hydrogen) atoms. The van der Waals surface area contributed by atoms with E-state index in [1.807, 2.05) is 0 Å². The number of fused-ring (bicyclic) bond motifs is 2. The van der Waals surface area contributed by atoms with Gasteiger partial charge in [0.15, 0.2) is 11.5 Å². The van der Waals surface area contributed by atoms with Crippen LogP contribution in [0.2, 0.25) is 0 Å². The van der Waals surface area contributed by atoms with Crippen LogP contribution in [0, 0.1) is 0 Å². The van der Waals surface area contributed by atoms with E-state index in [4.69, 9.17) is 4.98 Å². The highest BCUT2D eigenvalue weighted by Gasteiger charge is 2.16. The van der Waals surface area contributed by atoms with E-state index < -0.39 is 0 Å². The van der Waals surface area contributed by atoms with E-state index in [1.54, 1.807) is 17.7 Å². The summed E-state index contributed by atoms with van der Waals surface area (Å²) in [5.41, 5.74) is 2.52. The molecular formula is C20H22N6S. The highest BCUT2D eigenvalue weighted by Crippen LogP contribution is 2.28. The molecule has 4 aromatic rings. The van der Waals surface area contributed by atoms with Gasteiger partial charge >= 0.3 is 0 Å². The molecule has 1 aromatic carbocycles. The Morgan fingerprint density at radius 3 is 2.81 bits per heavy atom. The van der Waals surface area contributed by atoms with Crippen LogP contribution in [0.25, 0.3) is 21.3 Å². The quantitative estimate of drug-likeness (QED) is 0.412. The number of nitrogens with one attached hydrogen (secondary N) is 3. The Morgan fingerprint density at radius 2 is 1.93 bits per heavy atom. The average molecular weight is 379 g/mol. The molecule has 1 saturated carbocycles. The van der Waals surface area contributed by atoms with Crippen LogP contribution in [-0.2, 0) is 0 Å². The zero-order valence-corrected chi connectivity index (χ0v) is 15.9. The molecule has 3 aromatic heterocycles. The minimum absolute atomic E-state index is 0.444. The number of hydrogen-bond donors (Lipinski definition) is 3. The van der Waals surface area contributed by atoms with E-state index in [0.717, 1.165) is 17.0 Å².